The summed E-state index contributed by atoms with van der Waals surface area (Å²) in [4.78, 5) is 24.5. The Morgan fingerprint density at radius 2 is 2.13 bits per heavy atom. The zero-order valence-corrected chi connectivity index (χ0v) is 13.1. The van der Waals surface area contributed by atoms with Crippen molar-refractivity contribution >= 4 is 18.0 Å². The molecule has 2 rings (SSSR count). The van der Waals surface area contributed by atoms with Gasteiger partial charge in [0.05, 0.1) is 19.8 Å². The summed E-state index contributed by atoms with van der Waals surface area (Å²) in [6.07, 6.45) is 3.16. The number of aliphatic carboxylic acids is 1. The van der Waals surface area contributed by atoms with E-state index >= 15 is 0 Å². The summed E-state index contributed by atoms with van der Waals surface area (Å²) in [6.45, 7) is 3.43. The van der Waals surface area contributed by atoms with Crippen LogP contribution in [0.15, 0.2) is 30.3 Å². The van der Waals surface area contributed by atoms with E-state index in [1.54, 1.807) is 6.08 Å². The first-order valence-electron chi connectivity index (χ1n) is 7.64. The second-order valence-corrected chi connectivity index (χ2v) is 5.23. The number of carbonyl (C=O) groups excluding carboxylic acids is 1. The van der Waals surface area contributed by atoms with Crippen molar-refractivity contribution in [2.45, 2.75) is 19.4 Å². The maximum Gasteiger partial charge on any atom is 0.334 e. The number of carbonyl (C=O) groups is 2. The Morgan fingerprint density at radius 1 is 1.39 bits per heavy atom. The quantitative estimate of drug-likeness (QED) is 0.809. The van der Waals surface area contributed by atoms with Gasteiger partial charge >= 0.3 is 5.97 Å². The molecule has 23 heavy (non-hydrogen) atoms. The fourth-order valence-corrected chi connectivity index (χ4v) is 2.17. The fourth-order valence-electron chi connectivity index (χ4n) is 2.17. The number of carboxylic acid groups (broad SMARTS) is 1. The number of morpholine rings is 1. The van der Waals surface area contributed by atoms with Crippen LogP contribution >= 0.6 is 0 Å². The Hall–Kier alpha value is -2.34. The van der Waals surface area contributed by atoms with Crippen molar-refractivity contribution < 1.29 is 24.2 Å². The van der Waals surface area contributed by atoms with Crippen molar-refractivity contribution in [1.29, 1.82) is 0 Å². The lowest BCUT2D eigenvalue weighted by molar-refractivity contribution is -0.158. The van der Waals surface area contributed by atoms with Gasteiger partial charge in [-0.3, -0.25) is 4.79 Å². The standard InChI is InChI=1S/C17H21NO5/c1-2-10-22-14-6-3-13(4-7-14)5-8-16(19)18-9-11-23-15(12-18)17(20)21/h3-8,15H,2,9-12H2,1H3,(H,20,21)/b8-5+. The third-order valence-electron chi connectivity index (χ3n) is 3.42. The van der Waals surface area contributed by atoms with Gasteiger partial charge in [0.15, 0.2) is 6.10 Å². The molecule has 0 bridgehead atoms. The molecule has 1 atom stereocenters. The van der Waals surface area contributed by atoms with Crippen LogP contribution in [0.2, 0.25) is 0 Å². The largest absolute Gasteiger partial charge is 0.494 e. The molecule has 1 aromatic carbocycles. The molecule has 1 unspecified atom stereocenters. The zero-order chi connectivity index (χ0) is 16.7. The van der Waals surface area contributed by atoms with E-state index < -0.39 is 12.1 Å². The number of benzene rings is 1. The molecule has 1 heterocycles. The van der Waals surface area contributed by atoms with Crippen molar-refractivity contribution in [3.8, 4) is 5.75 Å². The fraction of sp³-hybridized carbons (Fsp3) is 0.412. The summed E-state index contributed by atoms with van der Waals surface area (Å²) in [7, 11) is 0. The molecule has 124 valence electrons. The zero-order valence-electron chi connectivity index (χ0n) is 13.1. The highest BCUT2D eigenvalue weighted by Gasteiger charge is 2.27. The number of amides is 1. The molecule has 1 aliphatic rings. The summed E-state index contributed by atoms with van der Waals surface area (Å²) < 4.78 is 10.6. The summed E-state index contributed by atoms with van der Waals surface area (Å²) in [5, 5.41) is 8.94. The van der Waals surface area contributed by atoms with Gasteiger partial charge in [-0.1, -0.05) is 19.1 Å². The number of hydrogen-bond acceptors (Lipinski definition) is 4. The molecular formula is C17H21NO5. The molecule has 6 heteroatoms. The molecule has 0 radical (unpaired) electrons. The van der Waals surface area contributed by atoms with E-state index in [0.29, 0.717) is 13.2 Å². The summed E-state index contributed by atoms with van der Waals surface area (Å²) in [5.74, 6) is -0.465. The maximum atomic E-state index is 12.1. The number of hydrogen-bond donors (Lipinski definition) is 1. The smallest absolute Gasteiger partial charge is 0.334 e. The van der Waals surface area contributed by atoms with Crippen LogP contribution in [0.3, 0.4) is 0 Å². The molecule has 1 aliphatic heterocycles. The van der Waals surface area contributed by atoms with Crippen LogP contribution in [0.1, 0.15) is 18.9 Å². The number of carboxylic acids is 1. The molecule has 1 saturated heterocycles. The molecule has 0 saturated carbocycles. The van der Waals surface area contributed by atoms with E-state index in [1.807, 2.05) is 31.2 Å². The third-order valence-corrected chi connectivity index (χ3v) is 3.42. The van der Waals surface area contributed by atoms with E-state index in [4.69, 9.17) is 14.6 Å². The first kappa shape index (κ1) is 17.0. The van der Waals surface area contributed by atoms with Gasteiger partial charge in [-0.15, -0.1) is 0 Å². The predicted octanol–water partition coefficient (Wildman–Crippen LogP) is 1.80. The molecule has 1 aromatic rings. The van der Waals surface area contributed by atoms with Gasteiger partial charge in [-0.2, -0.15) is 0 Å². The van der Waals surface area contributed by atoms with Crippen LogP contribution in [0.5, 0.6) is 5.75 Å². The Labute approximate surface area is 135 Å². The first-order valence-corrected chi connectivity index (χ1v) is 7.64. The molecule has 1 fully saturated rings. The molecular weight excluding hydrogens is 298 g/mol. The van der Waals surface area contributed by atoms with Gasteiger partial charge in [0.1, 0.15) is 5.75 Å². The Balaban J connectivity index is 1.91. The molecule has 0 aliphatic carbocycles. The van der Waals surface area contributed by atoms with Crippen LogP contribution in [-0.4, -0.2) is 54.3 Å². The molecule has 6 nitrogen and oxygen atoms in total. The second-order valence-electron chi connectivity index (χ2n) is 5.23. The molecule has 1 amide bonds. The number of ether oxygens (including phenoxy) is 2. The predicted molar refractivity (Wildman–Crippen MR) is 85.2 cm³/mol. The molecule has 0 aromatic heterocycles. The Kier molecular flexibility index (Phi) is 6.17. The van der Waals surface area contributed by atoms with Crippen LogP contribution < -0.4 is 4.74 Å². The average molecular weight is 319 g/mol. The lowest BCUT2D eigenvalue weighted by atomic mass is 10.2. The van der Waals surface area contributed by atoms with Gasteiger partial charge in [0.25, 0.3) is 0 Å². The topological polar surface area (TPSA) is 76.1 Å². The van der Waals surface area contributed by atoms with Crippen molar-refractivity contribution in [3.63, 3.8) is 0 Å². The van der Waals surface area contributed by atoms with E-state index in [-0.39, 0.29) is 19.1 Å². The van der Waals surface area contributed by atoms with Crippen molar-refractivity contribution in [2.24, 2.45) is 0 Å². The lowest BCUT2D eigenvalue weighted by Gasteiger charge is -2.30. The highest BCUT2D eigenvalue weighted by molar-refractivity contribution is 5.92. The van der Waals surface area contributed by atoms with E-state index in [9.17, 15) is 9.59 Å². The average Bonchev–Trinajstić information content (AvgIpc) is 2.58. The van der Waals surface area contributed by atoms with E-state index in [2.05, 4.69) is 0 Å². The lowest BCUT2D eigenvalue weighted by Crippen LogP contribution is -2.48. The van der Waals surface area contributed by atoms with Crippen LogP contribution in [0, 0.1) is 0 Å². The Bertz CT molecular complexity index is 567. The van der Waals surface area contributed by atoms with Gasteiger partial charge in [-0.25, -0.2) is 4.79 Å². The van der Waals surface area contributed by atoms with Gasteiger partial charge in [-0.05, 0) is 30.2 Å². The van der Waals surface area contributed by atoms with Crippen molar-refractivity contribution in [2.75, 3.05) is 26.3 Å². The minimum absolute atomic E-state index is 0.0717. The van der Waals surface area contributed by atoms with Crippen LogP contribution in [-0.2, 0) is 14.3 Å². The minimum atomic E-state index is -1.05. The monoisotopic (exact) mass is 319 g/mol. The van der Waals surface area contributed by atoms with E-state index in [0.717, 1.165) is 17.7 Å². The van der Waals surface area contributed by atoms with Crippen LogP contribution in [0.4, 0.5) is 0 Å². The van der Waals surface area contributed by atoms with Gasteiger partial charge in [0.2, 0.25) is 5.91 Å². The first-order chi connectivity index (χ1) is 11.1. The van der Waals surface area contributed by atoms with Gasteiger partial charge in [0, 0.05) is 12.6 Å². The van der Waals surface area contributed by atoms with Crippen LogP contribution in [0.25, 0.3) is 6.08 Å². The summed E-state index contributed by atoms with van der Waals surface area (Å²) in [6, 6.07) is 7.45. The Morgan fingerprint density at radius 3 is 2.78 bits per heavy atom. The number of rotatable bonds is 6. The maximum absolute atomic E-state index is 12.1. The third kappa shape index (κ3) is 5.10. The highest BCUT2D eigenvalue weighted by Crippen LogP contribution is 2.14. The second kappa shape index (κ2) is 8.33. The SMILES string of the molecule is CCCOc1ccc(/C=C/C(=O)N2CCOC(C(=O)O)C2)cc1. The van der Waals surface area contributed by atoms with Crippen molar-refractivity contribution in [1.82, 2.24) is 4.90 Å². The molecule has 0 spiro atoms. The number of nitrogens with zero attached hydrogens (tertiary/aromatic N) is 1. The van der Waals surface area contributed by atoms with Gasteiger partial charge < -0.3 is 19.5 Å². The minimum Gasteiger partial charge on any atom is -0.494 e. The summed E-state index contributed by atoms with van der Waals surface area (Å²) >= 11 is 0. The normalized spacial score (nSPS) is 18.1. The molecule has 1 N–H and O–H groups in total. The summed E-state index contributed by atoms with van der Waals surface area (Å²) in [5.41, 5.74) is 0.880. The van der Waals surface area contributed by atoms with E-state index in [1.165, 1.54) is 11.0 Å². The highest BCUT2D eigenvalue weighted by atomic mass is 16.5. The van der Waals surface area contributed by atoms with Crippen molar-refractivity contribution in [3.05, 3.63) is 35.9 Å².